The van der Waals surface area contributed by atoms with Gasteiger partial charge in [-0.25, -0.2) is 4.39 Å². The average molecular weight is 273 g/mol. The molecule has 0 amide bonds. The van der Waals surface area contributed by atoms with E-state index in [2.05, 4.69) is 0 Å². The maximum absolute atomic E-state index is 13.3. The molecule has 0 fully saturated rings. The first kappa shape index (κ1) is 14.1. The Balaban J connectivity index is 2.28. The van der Waals surface area contributed by atoms with Crippen LogP contribution in [0.25, 0.3) is 0 Å². The van der Waals surface area contributed by atoms with E-state index < -0.39 is 5.97 Å². The molecule has 2 aromatic rings. The van der Waals surface area contributed by atoms with Crippen LogP contribution >= 0.6 is 0 Å². The molecule has 0 saturated carbocycles. The summed E-state index contributed by atoms with van der Waals surface area (Å²) in [6.45, 7) is 2.12. The van der Waals surface area contributed by atoms with Crippen molar-refractivity contribution < 1.29 is 14.3 Å². The molecule has 0 bridgehead atoms. The fraction of sp³-hybridized carbons (Fsp3) is 0.188. The molecule has 0 atom stereocenters. The maximum Gasteiger partial charge on any atom is 0.323 e. The van der Waals surface area contributed by atoms with Crippen LogP contribution < -0.4 is 4.90 Å². The number of aryl methyl sites for hydroxylation is 1. The van der Waals surface area contributed by atoms with E-state index in [0.29, 0.717) is 6.54 Å². The molecular weight excluding hydrogens is 257 g/mol. The second kappa shape index (κ2) is 6.19. The molecule has 0 aromatic heterocycles. The van der Waals surface area contributed by atoms with Gasteiger partial charge in [-0.3, -0.25) is 4.79 Å². The zero-order valence-corrected chi connectivity index (χ0v) is 11.2. The number of nitrogens with zero attached hydrogens (tertiary/aromatic N) is 1. The van der Waals surface area contributed by atoms with Gasteiger partial charge in [0.15, 0.2) is 0 Å². The Kier molecular flexibility index (Phi) is 4.35. The van der Waals surface area contributed by atoms with E-state index in [1.54, 1.807) is 11.0 Å². The lowest BCUT2D eigenvalue weighted by Crippen LogP contribution is -2.29. The minimum Gasteiger partial charge on any atom is -0.480 e. The van der Waals surface area contributed by atoms with E-state index in [9.17, 15) is 9.18 Å². The van der Waals surface area contributed by atoms with E-state index in [4.69, 9.17) is 5.11 Å². The Bertz CT molecular complexity index is 599. The summed E-state index contributed by atoms with van der Waals surface area (Å²) in [4.78, 5) is 12.7. The third-order valence-corrected chi connectivity index (χ3v) is 3.12. The van der Waals surface area contributed by atoms with E-state index in [1.807, 2.05) is 37.3 Å². The molecule has 0 heterocycles. The second-order valence-electron chi connectivity index (χ2n) is 4.66. The summed E-state index contributed by atoms with van der Waals surface area (Å²) in [5, 5.41) is 9.03. The van der Waals surface area contributed by atoms with Crippen LogP contribution in [-0.2, 0) is 11.3 Å². The summed E-state index contributed by atoms with van der Waals surface area (Å²) in [5.41, 5.74) is 2.53. The monoisotopic (exact) mass is 273 g/mol. The van der Waals surface area contributed by atoms with Crippen LogP contribution in [0, 0.1) is 12.7 Å². The van der Waals surface area contributed by atoms with Crippen molar-refractivity contribution in [2.75, 3.05) is 11.4 Å². The molecule has 0 unspecified atom stereocenters. The van der Waals surface area contributed by atoms with Gasteiger partial charge in [0, 0.05) is 12.2 Å². The summed E-state index contributed by atoms with van der Waals surface area (Å²) in [7, 11) is 0. The highest BCUT2D eigenvalue weighted by molar-refractivity contribution is 5.73. The van der Waals surface area contributed by atoms with Crippen LogP contribution in [-0.4, -0.2) is 17.6 Å². The summed E-state index contributed by atoms with van der Waals surface area (Å²) >= 11 is 0. The zero-order valence-electron chi connectivity index (χ0n) is 11.2. The number of para-hydroxylation sites is 1. The van der Waals surface area contributed by atoms with Crippen molar-refractivity contribution in [3.63, 3.8) is 0 Å². The van der Waals surface area contributed by atoms with Gasteiger partial charge in [0.25, 0.3) is 0 Å². The largest absolute Gasteiger partial charge is 0.480 e. The molecule has 0 radical (unpaired) electrons. The standard InChI is InChI=1S/C16H16FNO2/c1-12-7-8-14(17)9-13(12)10-18(11-16(19)20)15-5-3-2-4-6-15/h2-9H,10-11H2,1H3,(H,19,20). The second-order valence-corrected chi connectivity index (χ2v) is 4.66. The van der Waals surface area contributed by atoms with Crippen molar-refractivity contribution in [1.82, 2.24) is 0 Å². The summed E-state index contributed by atoms with van der Waals surface area (Å²) in [6, 6.07) is 13.8. The fourth-order valence-electron chi connectivity index (χ4n) is 2.06. The lowest BCUT2D eigenvalue weighted by Gasteiger charge is -2.23. The molecule has 20 heavy (non-hydrogen) atoms. The van der Waals surface area contributed by atoms with Crippen molar-refractivity contribution in [1.29, 1.82) is 0 Å². The number of carboxylic acids is 1. The van der Waals surface area contributed by atoms with Gasteiger partial charge >= 0.3 is 5.97 Å². The molecule has 0 saturated heterocycles. The Morgan fingerprint density at radius 1 is 1.20 bits per heavy atom. The molecule has 1 N–H and O–H groups in total. The van der Waals surface area contributed by atoms with Crippen LogP contribution in [0.3, 0.4) is 0 Å². The number of carbonyl (C=O) groups is 1. The van der Waals surface area contributed by atoms with Crippen LogP contribution in [0.2, 0.25) is 0 Å². The third-order valence-electron chi connectivity index (χ3n) is 3.12. The van der Waals surface area contributed by atoms with Crippen molar-refractivity contribution >= 4 is 11.7 Å². The predicted octanol–water partition coefficient (Wildman–Crippen LogP) is 3.23. The number of hydrogen-bond acceptors (Lipinski definition) is 2. The average Bonchev–Trinajstić information content (AvgIpc) is 2.42. The van der Waals surface area contributed by atoms with E-state index in [1.165, 1.54) is 12.1 Å². The third kappa shape index (κ3) is 3.57. The van der Waals surface area contributed by atoms with Gasteiger partial charge in [0.05, 0.1) is 0 Å². The highest BCUT2D eigenvalue weighted by Crippen LogP contribution is 2.19. The predicted molar refractivity (Wildman–Crippen MR) is 76.3 cm³/mol. The fourth-order valence-corrected chi connectivity index (χ4v) is 2.06. The Morgan fingerprint density at radius 2 is 1.90 bits per heavy atom. The van der Waals surface area contributed by atoms with Crippen molar-refractivity contribution in [2.24, 2.45) is 0 Å². The van der Waals surface area contributed by atoms with Crippen molar-refractivity contribution in [2.45, 2.75) is 13.5 Å². The normalized spacial score (nSPS) is 10.3. The number of carboxylic acid groups (broad SMARTS) is 1. The van der Waals surface area contributed by atoms with Crippen LogP contribution in [0.15, 0.2) is 48.5 Å². The first-order valence-electron chi connectivity index (χ1n) is 6.33. The summed E-state index contributed by atoms with van der Waals surface area (Å²) < 4.78 is 13.3. The van der Waals surface area contributed by atoms with Crippen LogP contribution in [0.1, 0.15) is 11.1 Å². The van der Waals surface area contributed by atoms with Gasteiger partial charge in [-0.1, -0.05) is 24.3 Å². The molecular formula is C16H16FNO2. The topological polar surface area (TPSA) is 40.5 Å². The molecule has 4 heteroatoms. The smallest absolute Gasteiger partial charge is 0.323 e. The van der Waals surface area contributed by atoms with E-state index in [-0.39, 0.29) is 12.4 Å². The van der Waals surface area contributed by atoms with Crippen LogP contribution in [0.5, 0.6) is 0 Å². The number of halogens is 1. The van der Waals surface area contributed by atoms with Crippen LogP contribution in [0.4, 0.5) is 10.1 Å². The highest BCUT2D eigenvalue weighted by Gasteiger charge is 2.12. The summed E-state index contributed by atoms with van der Waals surface area (Å²) in [6.07, 6.45) is 0. The summed E-state index contributed by atoms with van der Waals surface area (Å²) in [5.74, 6) is -1.23. The van der Waals surface area contributed by atoms with Crippen molar-refractivity contribution in [3.05, 3.63) is 65.5 Å². The minimum atomic E-state index is -0.914. The van der Waals surface area contributed by atoms with Gasteiger partial charge in [0.1, 0.15) is 12.4 Å². The molecule has 3 nitrogen and oxygen atoms in total. The molecule has 0 aliphatic heterocycles. The van der Waals surface area contributed by atoms with Gasteiger partial charge in [0.2, 0.25) is 0 Å². The number of rotatable bonds is 5. The molecule has 0 spiro atoms. The lowest BCUT2D eigenvalue weighted by molar-refractivity contribution is -0.135. The lowest BCUT2D eigenvalue weighted by atomic mass is 10.1. The Labute approximate surface area is 117 Å². The van der Waals surface area contributed by atoms with Gasteiger partial charge < -0.3 is 10.0 Å². The molecule has 0 aliphatic rings. The molecule has 2 rings (SSSR count). The molecule has 0 aliphatic carbocycles. The SMILES string of the molecule is Cc1ccc(F)cc1CN(CC(=O)O)c1ccccc1. The number of hydrogen-bond donors (Lipinski definition) is 1. The quantitative estimate of drug-likeness (QED) is 0.909. The first-order valence-corrected chi connectivity index (χ1v) is 6.33. The van der Waals surface area contributed by atoms with E-state index >= 15 is 0 Å². The van der Waals surface area contributed by atoms with Gasteiger partial charge in [-0.15, -0.1) is 0 Å². The number of benzene rings is 2. The Morgan fingerprint density at radius 3 is 2.55 bits per heavy atom. The molecule has 104 valence electrons. The first-order chi connectivity index (χ1) is 9.56. The van der Waals surface area contributed by atoms with E-state index in [0.717, 1.165) is 16.8 Å². The van der Waals surface area contributed by atoms with Crippen molar-refractivity contribution in [3.8, 4) is 0 Å². The zero-order chi connectivity index (χ0) is 14.5. The maximum atomic E-state index is 13.3. The minimum absolute atomic E-state index is 0.125. The Hall–Kier alpha value is -2.36. The molecule has 2 aromatic carbocycles. The highest BCUT2D eigenvalue weighted by atomic mass is 19.1. The van der Waals surface area contributed by atoms with Gasteiger partial charge in [-0.05, 0) is 42.3 Å². The number of anilines is 1. The van der Waals surface area contributed by atoms with Gasteiger partial charge in [-0.2, -0.15) is 0 Å². The number of aliphatic carboxylic acids is 1.